The van der Waals surface area contributed by atoms with Gasteiger partial charge in [0.1, 0.15) is 0 Å². The van der Waals surface area contributed by atoms with Crippen LogP contribution in [0.1, 0.15) is 33.2 Å². The predicted octanol–water partition coefficient (Wildman–Crippen LogP) is 5.25. The van der Waals surface area contributed by atoms with Crippen molar-refractivity contribution in [3.8, 4) is 11.3 Å². The first-order valence-electron chi connectivity index (χ1n) is 9.85. The van der Waals surface area contributed by atoms with Gasteiger partial charge in [-0.15, -0.1) is 11.3 Å². The lowest BCUT2D eigenvalue weighted by Crippen LogP contribution is -2.16. The molecule has 0 bridgehead atoms. The summed E-state index contributed by atoms with van der Waals surface area (Å²) < 4.78 is 0. The number of ketones is 1. The largest absolute Gasteiger partial charge is 0.326 e. The topological polar surface area (TPSA) is 88.2 Å². The number of hydrogen-bond acceptors (Lipinski definition) is 5. The number of thiazole rings is 1. The summed E-state index contributed by atoms with van der Waals surface area (Å²) >= 11 is 1.30. The fourth-order valence-electron chi connectivity index (χ4n) is 3.18. The highest BCUT2D eigenvalue weighted by atomic mass is 32.1. The Morgan fingerprint density at radius 3 is 2.12 bits per heavy atom. The molecule has 1 aromatic heterocycles. The molecule has 0 unspecified atom stereocenters. The molecule has 0 aliphatic rings. The Bertz CT molecular complexity index is 1280. The smallest absolute Gasteiger partial charge is 0.258 e. The second-order valence-corrected chi connectivity index (χ2v) is 7.85. The van der Waals surface area contributed by atoms with Gasteiger partial charge in [-0.25, -0.2) is 4.98 Å². The first-order valence-corrected chi connectivity index (χ1v) is 10.7. The number of nitrogens with zero attached hydrogens (tertiary/aromatic N) is 1. The SMILES string of the molecule is CC(=O)Nc1ccc(-c2csc(NC(=O)c3ccccc3C(=O)c3ccccc3)n2)cc1. The van der Waals surface area contributed by atoms with E-state index in [0.29, 0.717) is 27.6 Å². The standard InChI is InChI=1S/C25H19N3O3S/c1-16(29)26-19-13-11-17(12-14-19)22-15-32-25(27-22)28-24(31)21-10-6-5-9-20(21)23(30)18-7-3-2-4-8-18/h2-15H,1H3,(H,26,29)(H,27,28,31). The number of aromatic nitrogens is 1. The van der Waals surface area contributed by atoms with Gasteiger partial charge in [0, 0.05) is 34.7 Å². The average molecular weight is 442 g/mol. The van der Waals surface area contributed by atoms with Crippen molar-refractivity contribution in [2.75, 3.05) is 10.6 Å². The van der Waals surface area contributed by atoms with Gasteiger partial charge in [0.05, 0.1) is 11.3 Å². The van der Waals surface area contributed by atoms with Crippen molar-refractivity contribution in [1.82, 2.24) is 4.98 Å². The third-order valence-electron chi connectivity index (χ3n) is 4.68. The van der Waals surface area contributed by atoms with E-state index in [1.807, 2.05) is 23.6 Å². The van der Waals surface area contributed by atoms with Crippen LogP contribution in [0, 0.1) is 0 Å². The van der Waals surface area contributed by atoms with E-state index in [9.17, 15) is 14.4 Å². The summed E-state index contributed by atoms with van der Waals surface area (Å²) in [6.07, 6.45) is 0. The maximum absolute atomic E-state index is 12.9. The highest BCUT2D eigenvalue weighted by Gasteiger charge is 2.19. The van der Waals surface area contributed by atoms with Gasteiger partial charge in [-0.2, -0.15) is 0 Å². The van der Waals surface area contributed by atoms with Crippen LogP contribution in [0.15, 0.2) is 84.2 Å². The fourth-order valence-corrected chi connectivity index (χ4v) is 3.89. The van der Waals surface area contributed by atoms with Gasteiger partial charge < -0.3 is 5.32 Å². The molecule has 0 aliphatic carbocycles. The number of benzene rings is 3. The maximum atomic E-state index is 12.9. The van der Waals surface area contributed by atoms with Crippen LogP contribution in [0.2, 0.25) is 0 Å². The number of hydrogen-bond donors (Lipinski definition) is 2. The van der Waals surface area contributed by atoms with Crippen LogP contribution < -0.4 is 10.6 Å². The van der Waals surface area contributed by atoms with E-state index in [-0.39, 0.29) is 17.3 Å². The number of anilines is 2. The van der Waals surface area contributed by atoms with Gasteiger partial charge >= 0.3 is 0 Å². The Hall–Kier alpha value is -4.10. The second-order valence-electron chi connectivity index (χ2n) is 6.99. The molecule has 0 saturated carbocycles. The van der Waals surface area contributed by atoms with Crippen molar-refractivity contribution >= 4 is 39.8 Å². The van der Waals surface area contributed by atoms with Gasteiger partial charge in [-0.05, 0) is 18.2 Å². The molecule has 2 N–H and O–H groups in total. The molecular formula is C25H19N3O3S. The summed E-state index contributed by atoms with van der Waals surface area (Å²) in [5, 5.41) is 7.78. The van der Waals surface area contributed by atoms with Crippen molar-refractivity contribution < 1.29 is 14.4 Å². The molecule has 0 radical (unpaired) electrons. The lowest BCUT2D eigenvalue weighted by atomic mass is 9.98. The van der Waals surface area contributed by atoms with E-state index < -0.39 is 5.91 Å². The quantitative estimate of drug-likeness (QED) is 0.400. The second kappa shape index (κ2) is 9.36. The number of nitrogens with one attached hydrogen (secondary N) is 2. The zero-order chi connectivity index (χ0) is 22.5. The van der Waals surface area contributed by atoms with Crippen LogP contribution in [-0.4, -0.2) is 22.6 Å². The molecule has 158 valence electrons. The van der Waals surface area contributed by atoms with Crippen molar-refractivity contribution in [1.29, 1.82) is 0 Å². The molecule has 0 fully saturated rings. The minimum atomic E-state index is -0.396. The van der Waals surface area contributed by atoms with Crippen molar-refractivity contribution in [3.63, 3.8) is 0 Å². The Morgan fingerprint density at radius 2 is 1.44 bits per heavy atom. The Labute approximate surface area is 189 Å². The molecule has 7 heteroatoms. The third-order valence-corrected chi connectivity index (χ3v) is 5.44. The van der Waals surface area contributed by atoms with E-state index >= 15 is 0 Å². The minimum absolute atomic E-state index is 0.137. The molecule has 0 aliphatic heterocycles. The molecule has 4 aromatic rings. The zero-order valence-electron chi connectivity index (χ0n) is 17.2. The van der Waals surface area contributed by atoms with Crippen molar-refractivity contribution in [3.05, 3.63) is 101 Å². The Morgan fingerprint density at radius 1 is 0.781 bits per heavy atom. The lowest BCUT2D eigenvalue weighted by molar-refractivity contribution is -0.114. The van der Waals surface area contributed by atoms with Gasteiger partial charge in [-0.3, -0.25) is 19.7 Å². The summed E-state index contributed by atoms with van der Waals surface area (Å²) in [4.78, 5) is 41.5. The van der Waals surface area contributed by atoms with E-state index in [4.69, 9.17) is 0 Å². The number of amides is 2. The summed E-state index contributed by atoms with van der Waals surface area (Å²) in [6, 6.07) is 22.9. The van der Waals surface area contributed by atoms with E-state index in [0.717, 1.165) is 5.56 Å². The maximum Gasteiger partial charge on any atom is 0.258 e. The minimum Gasteiger partial charge on any atom is -0.326 e. The monoisotopic (exact) mass is 441 g/mol. The predicted molar refractivity (Wildman–Crippen MR) is 126 cm³/mol. The van der Waals surface area contributed by atoms with Crippen molar-refractivity contribution in [2.45, 2.75) is 6.92 Å². The van der Waals surface area contributed by atoms with Gasteiger partial charge in [0.25, 0.3) is 5.91 Å². The van der Waals surface area contributed by atoms with Gasteiger partial charge in [0.15, 0.2) is 10.9 Å². The number of rotatable bonds is 6. The van der Waals surface area contributed by atoms with Crippen LogP contribution in [0.5, 0.6) is 0 Å². The van der Waals surface area contributed by atoms with Crippen molar-refractivity contribution in [2.24, 2.45) is 0 Å². The Balaban J connectivity index is 1.52. The van der Waals surface area contributed by atoms with Gasteiger partial charge in [-0.1, -0.05) is 60.7 Å². The molecule has 0 saturated heterocycles. The first kappa shape index (κ1) is 21.1. The van der Waals surface area contributed by atoms with Crippen LogP contribution >= 0.6 is 11.3 Å². The molecule has 1 heterocycles. The zero-order valence-corrected chi connectivity index (χ0v) is 18.0. The third kappa shape index (κ3) is 4.79. The van der Waals surface area contributed by atoms with Crippen LogP contribution in [0.3, 0.4) is 0 Å². The molecule has 0 spiro atoms. The van der Waals surface area contributed by atoms with Crippen LogP contribution in [0.25, 0.3) is 11.3 Å². The fraction of sp³-hybridized carbons (Fsp3) is 0.0400. The summed E-state index contributed by atoms with van der Waals surface area (Å²) in [5.74, 6) is -0.746. The molecule has 6 nitrogen and oxygen atoms in total. The molecule has 3 aromatic carbocycles. The van der Waals surface area contributed by atoms with Crippen LogP contribution in [-0.2, 0) is 4.79 Å². The van der Waals surface area contributed by atoms with Crippen LogP contribution in [0.4, 0.5) is 10.8 Å². The normalized spacial score (nSPS) is 10.4. The first-order chi connectivity index (χ1) is 15.5. The Kier molecular flexibility index (Phi) is 6.19. The summed E-state index contributed by atoms with van der Waals surface area (Å²) in [5.41, 5.74) is 3.40. The highest BCUT2D eigenvalue weighted by Crippen LogP contribution is 2.27. The molecule has 32 heavy (non-hydrogen) atoms. The molecule has 4 rings (SSSR count). The molecule has 2 amide bonds. The molecule has 0 atom stereocenters. The lowest BCUT2D eigenvalue weighted by Gasteiger charge is -2.08. The van der Waals surface area contributed by atoms with Gasteiger partial charge in [0.2, 0.25) is 5.91 Å². The summed E-state index contributed by atoms with van der Waals surface area (Å²) in [6.45, 7) is 1.45. The number of carbonyl (C=O) groups is 3. The molecular weight excluding hydrogens is 422 g/mol. The highest BCUT2D eigenvalue weighted by molar-refractivity contribution is 7.14. The average Bonchev–Trinajstić information content (AvgIpc) is 3.27. The van der Waals surface area contributed by atoms with E-state index in [1.165, 1.54) is 18.3 Å². The summed E-state index contributed by atoms with van der Waals surface area (Å²) in [7, 11) is 0. The van der Waals surface area contributed by atoms with E-state index in [2.05, 4.69) is 15.6 Å². The van der Waals surface area contributed by atoms with E-state index in [1.54, 1.807) is 60.7 Å². The number of carbonyl (C=O) groups excluding carboxylic acids is 3.